The lowest BCUT2D eigenvalue weighted by atomic mass is 9.96. The lowest BCUT2D eigenvalue weighted by Crippen LogP contribution is -2.58. The van der Waals surface area contributed by atoms with Crippen LogP contribution in [-0.2, 0) is 11.8 Å². The number of aromatic nitrogens is 3. The maximum absolute atomic E-state index is 13.6. The standard InChI is InChI=1S/C19H24F3N5O3/c1-18(2,3)30-17(29)23-12-6-8-15(19(20,21)22)27(10-12)16(28)11-5-7-14-13(9-11)24-25-26(14)4/h5,7,9,12,15H,6,8,10H2,1-4H3,(H,23,29)/t12-,15+/m0/s1. The Morgan fingerprint density at radius 2 is 1.90 bits per heavy atom. The van der Waals surface area contributed by atoms with Crippen LogP contribution < -0.4 is 5.32 Å². The molecule has 1 aromatic heterocycles. The zero-order valence-electron chi connectivity index (χ0n) is 17.2. The van der Waals surface area contributed by atoms with Gasteiger partial charge in [-0.2, -0.15) is 13.2 Å². The normalized spacial score (nSPS) is 20.3. The number of ether oxygens (including phenoxy) is 1. The number of amides is 2. The summed E-state index contributed by atoms with van der Waals surface area (Å²) in [7, 11) is 1.67. The van der Waals surface area contributed by atoms with Crippen LogP contribution >= 0.6 is 0 Å². The number of benzene rings is 1. The molecule has 2 heterocycles. The van der Waals surface area contributed by atoms with E-state index in [-0.39, 0.29) is 24.9 Å². The van der Waals surface area contributed by atoms with Crippen LogP contribution in [0, 0.1) is 0 Å². The second-order valence-electron chi connectivity index (χ2n) is 8.35. The van der Waals surface area contributed by atoms with Gasteiger partial charge in [-0.1, -0.05) is 5.21 Å². The molecule has 0 spiro atoms. The van der Waals surface area contributed by atoms with E-state index in [1.165, 1.54) is 16.8 Å². The Kier molecular flexibility index (Phi) is 5.66. The zero-order chi connectivity index (χ0) is 22.3. The van der Waals surface area contributed by atoms with Crippen LogP contribution in [0.15, 0.2) is 18.2 Å². The molecule has 0 unspecified atom stereocenters. The van der Waals surface area contributed by atoms with Gasteiger partial charge in [0.05, 0.1) is 5.52 Å². The summed E-state index contributed by atoms with van der Waals surface area (Å²) in [5.74, 6) is -0.777. The van der Waals surface area contributed by atoms with Crippen LogP contribution in [0.2, 0.25) is 0 Å². The molecule has 1 N–H and O–H groups in total. The molecule has 3 rings (SSSR count). The molecule has 11 heteroatoms. The fourth-order valence-corrected chi connectivity index (χ4v) is 3.47. The van der Waals surface area contributed by atoms with Gasteiger partial charge < -0.3 is 15.0 Å². The third kappa shape index (κ3) is 4.82. The highest BCUT2D eigenvalue weighted by Gasteiger charge is 2.48. The summed E-state index contributed by atoms with van der Waals surface area (Å²) in [5.41, 5.74) is 0.402. The first kappa shape index (κ1) is 21.8. The van der Waals surface area contributed by atoms with Gasteiger partial charge in [0.2, 0.25) is 0 Å². The number of alkyl carbamates (subject to hydrolysis) is 1. The summed E-state index contributed by atoms with van der Waals surface area (Å²) >= 11 is 0. The highest BCUT2D eigenvalue weighted by atomic mass is 19.4. The number of alkyl halides is 3. The van der Waals surface area contributed by atoms with Gasteiger partial charge in [0.15, 0.2) is 0 Å². The average molecular weight is 427 g/mol. The maximum Gasteiger partial charge on any atom is 0.408 e. The molecule has 8 nitrogen and oxygen atoms in total. The van der Waals surface area contributed by atoms with E-state index in [1.54, 1.807) is 33.9 Å². The van der Waals surface area contributed by atoms with Gasteiger partial charge >= 0.3 is 12.3 Å². The molecule has 1 fully saturated rings. The van der Waals surface area contributed by atoms with Gasteiger partial charge in [0.25, 0.3) is 5.91 Å². The predicted octanol–water partition coefficient (Wildman–Crippen LogP) is 3.03. The second-order valence-corrected chi connectivity index (χ2v) is 8.35. The number of nitrogens with zero attached hydrogens (tertiary/aromatic N) is 4. The Balaban J connectivity index is 1.82. The van der Waals surface area contributed by atoms with Crippen molar-refractivity contribution in [3.05, 3.63) is 23.8 Å². The largest absolute Gasteiger partial charge is 0.444 e. The van der Waals surface area contributed by atoms with E-state index >= 15 is 0 Å². The van der Waals surface area contributed by atoms with Crippen molar-refractivity contribution < 1.29 is 27.5 Å². The van der Waals surface area contributed by atoms with Crippen molar-refractivity contribution in [1.29, 1.82) is 0 Å². The minimum absolute atomic E-state index is 0.0789. The van der Waals surface area contributed by atoms with Gasteiger partial charge in [0, 0.05) is 25.2 Å². The van der Waals surface area contributed by atoms with Crippen LogP contribution in [0.3, 0.4) is 0 Å². The Morgan fingerprint density at radius 1 is 1.20 bits per heavy atom. The van der Waals surface area contributed by atoms with Gasteiger partial charge in [-0.3, -0.25) is 4.79 Å². The summed E-state index contributed by atoms with van der Waals surface area (Å²) in [6.45, 7) is 4.78. The highest BCUT2D eigenvalue weighted by Crippen LogP contribution is 2.33. The van der Waals surface area contributed by atoms with Crippen LogP contribution in [0.25, 0.3) is 11.0 Å². The van der Waals surface area contributed by atoms with E-state index in [0.717, 1.165) is 4.90 Å². The number of rotatable bonds is 2. The number of nitrogens with one attached hydrogen (secondary N) is 1. The number of carbonyl (C=O) groups excluding carboxylic acids is 2. The first-order valence-corrected chi connectivity index (χ1v) is 9.52. The Bertz CT molecular complexity index is 951. The Hall–Kier alpha value is -2.85. The Labute approximate surface area is 171 Å². The van der Waals surface area contributed by atoms with E-state index in [4.69, 9.17) is 4.74 Å². The minimum atomic E-state index is -4.58. The molecule has 0 radical (unpaired) electrons. The average Bonchev–Trinajstić information content (AvgIpc) is 2.99. The van der Waals surface area contributed by atoms with Gasteiger partial charge in [-0.15, -0.1) is 5.10 Å². The van der Waals surface area contributed by atoms with Crippen molar-refractivity contribution in [2.45, 2.75) is 57.5 Å². The zero-order valence-corrected chi connectivity index (χ0v) is 17.2. The molecule has 1 saturated heterocycles. The third-order valence-electron chi connectivity index (χ3n) is 4.80. The minimum Gasteiger partial charge on any atom is -0.444 e. The molecule has 1 aliphatic heterocycles. The fourth-order valence-electron chi connectivity index (χ4n) is 3.47. The molecular weight excluding hydrogens is 403 g/mol. The molecule has 164 valence electrons. The molecule has 1 aliphatic rings. The smallest absolute Gasteiger partial charge is 0.408 e. The lowest BCUT2D eigenvalue weighted by molar-refractivity contribution is -0.184. The van der Waals surface area contributed by atoms with Crippen molar-refractivity contribution in [3.8, 4) is 0 Å². The monoisotopic (exact) mass is 427 g/mol. The van der Waals surface area contributed by atoms with E-state index in [9.17, 15) is 22.8 Å². The van der Waals surface area contributed by atoms with Crippen LogP contribution in [0.5, 0.6) is 0 Å². The van der Waals surface area contributed by atoms with Crippen molar-refractivity contribution >= 4 is 23.0 Å². The second kappa shape index (κ2) is 7.77. The number of carbonyl (C=O) groups is 2. The molecular formula is C19H24F3N5O3. The van der Waals surface area contributed by atoms with Crippen molar-refractivity contribution in [3.63, 3.8) is 0 Å². The summed E-state index contributed by atoms with van der Waals surface area (Å²) in [5, 5.41) is 10.3. The van der Waals surface area contributed by atoms with E-state index in [0.29, 0.717) is 11.0 Å². The molecule has 2 atom stereocenters. The van der Waals surface area contributed by atoms with E-state index in [1.807, 2.05) is 0 Å². The van der Waals surface area contributed by atoms with Crippen LogP contribution in [-0.4, -0.2) is 62.3 Å². The topological polar surface area (TPSA) is 89.4 Å². The molecule has 0 bridgehead atoms. The number of aryl methyl sites for hydroxylation is 1. The van der Waals surface area contributed by atoms with Crippen LogP contribution in [0.1, 0.15) is 44.0 Å². The van der Waals surface area contributed by atoms with E-state index < -0.39 is 35.9 Å². The van der Waals surface area contributed by atoms with Gasteiger partial charge in [-0.05, 0) is 51.8 Å². The van der Waals surface area contributed by atoms with Crippen molar-refractivity contribution in [2.24, 2.45) is 7.05 Å². The Morgan fingerprint density at radius 3 is 2.53 bits per heavy atom. The molecule has 0 saturated carbocycles. The quantitative estimate of drug-likeness (QED) is 0.796. The molecule has 2 amide bonds. The highest BCUT2D eigenvalue weighted by molar-refractivity contribution is 5.97. The predicted molar refractivity (Wildman–Crippen MR) is 102 cm³/mol. The molecule has 2 aromatic rings. The van der Waals surface area contributed by atoms with Gasteiger partial charge in [0.1, 0.15) is 17.2 Å². The molecule has 0 aliphatic carbocycles. The first-order valence-electron chi connectivity index (χ1n) is 9.52. The number of piperidine rings is 1. The number of hydrogen-bond donors (Lipinski definition) is 1. The fraction of sp³-hybridized carbons (Fsp3) is 0.579. The molecule has 30 heavy (non-hydrogen) atoms. The van der Waals surface area contributed by atoms with Crippen molar-refractivity contribution in [2.75, 3.05) is 6.54 Å². The number of fused-ring (bicyclic) bond motifs is 1. The number of halogens is 3. The maximum atomic E-state index is 13.6. The lowest BCUT2D eigenvalue weighted by Gasteiger charge is -2.40. The summed E-state index contributed by atoms with van der Waals surface area (Å²) < 4.78 is 47.5. The number of likely N-dealkylation sites (tertiary alicyclic amines) is 1. The SMILES string of the molecule is Cn1nnc2cc(C(=O)N3C[C@@H](NC(=O)OC(C)(C)C)CC[C@@H]3C(F)(F)F)ccc21. The van der Waals surface area contributed by atoms with Crippen LogP contribution in [0.4, 0.5) is 18.0 Å². The van der Waals surface area contributed by atoms with Crippen molar-refractivity contribution in [1.82, 2.24) is 25.2 Å². The molecule has 1 aromatic carbocycles. The van der Waals surface area contributed by atoms with E-state index in [2.05, 4.69) is 15.6 Å². The summed E-state index contributed by atoms with van der Waals surface area (Å²) in [6.07, 6.45) is -5.55. The number of hydrogen-bond acceptors (Lipinski definition) is 5. The third-order valence-corrected chi connectivity index (χ3v) is 4.80. The first-order chi connectivity index (χ1) is 13.8. The summed E-state index contributed by atoms with van der Waals surface area (Å²) in [6, 6.07) is 1.88. The summed E-state index contributed by atoms with van der Waals surface area (Å²) in [4.78, 5) is 25.8. The van der Waals surface area contributed by atoms with Gasteiger partial charge in [-0.25, -0.2) is 9.48 Å².